The van der Waals surface area contributed by atoms with Crippen LogP contribution in [0.5, 0.6) is 0 Å². The van der Waals surface area contributed by atoms with Crippen molar-refractivity contribution in [3.8, 4) is 11.4 Å². The van der Waals surface area contributed by atoms with Gasteiger partial charge in [0.05, 0.1) is 0 Å². The van der Waals surface area contributed by atoms with Gasteiger partial charge in [0.25, 0.3) is 11.5 Å². The van der Waals surface area contributed by atoms with Gasteiger partial charge in [-0.1, -0.05) is 65.7 Å². The summed E-state index contributed by atoms with van der Waals surface area (Å²) in [6, 6.07) is 24.1. The van der Waals surface area contributed by atoms with Crippen LogP contribution in [0.15, 0.2) is 83.7 Å². The van der Waals surface area contributed by atoms with Gasteiger partial charge in [-0.3, -0.25) is 9.59 Å². The maximum atomic E-state index is 13.0. The average Bonchev–Trinajstić information content (AvgIpc) is 2.78. The molecule has 0 aliphatic heterocycles. The molecule has 1 aromatic heterocycles. The zero-order chi connectivity index (χ0) is 21.8. The predicted octanol–water partition coefficient (Wildman–Crippen LogP) is 5.05. The first-order chi connectivity index (χ1) is 15.0. The Morgan fingerprint density at radius 2 is 1.45 bits per heavy atom. The molecule has 6 heteroatoms. The highest BCUT2D eigenvalue weighted by atomic mass is 16.2. The molecule has 4 rings (SSSR count). The molecule has 0 aliphatic rings. The number of nitrogens with one attached hydrogen (secondary N) is 3. The van der Waals surface area contributed by atoms with Gasteiger partial charge in [-0.05, 0) is 38.1 Å². The minimum absolute atomic E-state index is 0.0605. The lowest BCUT2D eigenvalue weighted by molar-refractivity contribution is 0.102. The number of hydrogen-bond donors (Lipinski definition) is 3. The molecule has 4 aromatic rings. The highest BCUT2D eigenvalue weighted by Gasteiger charge is 2.16. The first-order valence-electron chi connectivity index (χ1n) is 9.91. The first-order valence-corrected chi connectivity index (χ1v) is 9.91. The molecule has 154 valence electrons. The number of rotatable bonds is 5. The summed E-state index contributed by atoms with van der Waals surface area (Å²) in [5, 5.41) is 5.88. The van der Waals surface area contributed by atoms with Crippen molar-refractivity contribution in [1.82, 2.24) is 9.97 Å². The van der Waals surface area contributed by atoms with Gasteiger partial charge in [-0.25, -0.2) is 4.98 Å². The van der Waals surface area contributed by atoms with Gasteiger partial charge in [-0.2, -0.15) is 0 Å². The molecular weight excluding hydrogens is 388 g/mol. The van der Waals surface area contributed by atoms with Gasteiger partial charge in [-0.15, -0.1) is 0 Å². The SMILES string of the molecule is Cc1ccc(Nc2nc(-c3ccc(C)cc3)[nH]c(=O)c2NC(=O)c2ccccc2)cc1. The topological polar surface area (TPSA) is 86.9 Å². The predicted molar refractivity (Wildman–Crippen MR) is 124 cm³/mol. The number of hydrogen-bond acceptors (Lipinski definition) is 4. The lowest BCUT2D eigenvalue weighted by Crippen LogP contribution is -2.23. The van der Waals surface area contributed by atoms with Gasteiger partial charge in [0.15, 0.2) is 11.5 Å². The fourth-order valence-corrected chi connectivity index (χ4v) is 3.08. The van der Waals surface area contributed by atoms with Crippen LogP contribution in [0.2, 0.25) is 0 Å². The number of nitrogens with zero attached hydrogens (tertiary/aromatic N) is 1. The van der Waals surface area contributed by atoms with Crippen molar-refractivity contribution in [2.24, 2.45) is 0 Å². The van der Waals surface area contributed by atoms with E-state index in [0.717, 1.165) is 22.4 Å². The summed E-state index contributed by atoms with van der Waals surface area (Å²) in [5.41, 5.74) is 3.82. The highest BCUT2D eigenvalue weighted by molar-refractivity contribution is 6.05. The number of carbonyl (C=O) groups is 1. The molecule has 0 aliphatic carbocycles. The quantitative estimate of drug-likeness (QED) is 0.430. The Balaban J connectivity index is 1.76. The highest BCUT2D eigenvalue weighted by Crippen LogP contribution is 2.24. The summed E-state index contributed by atoms with van der Waals surface area (Å²) in [5.74, 6) is 0.299. The zero-order valence-corrected chi connectivity index (χ0v) is 17.3. The molecule has 31 heavy (non-hydrogen) atoms. The Morgan fingerprint density at radius 1 is 0.839 bits per heavy atom. The summed E-state index contributed by atoms with van der Waals surface area (Å²) in [7, 11) is 0. The largest absolute Gasteiger partial charge is 0.338 e. The Labute approximate surface area is 180 Å². The molecule has 0 bridgehead atoms. The van der Waals surface area contributed by atoms with Crippen molar-refractivity contribution < 1.29 is 4.79 Å². The molecule has 0 saturated carbocycles. The van der Waals surface area contributed by atoms with Crippen LogP contribution in [0.4, 0.5) is 17.2 Å². The van der Waals surface area contributed by atoms with E-state index in [-0.39, 0.29) is 17.4 Å². The van der Waals surface area contributed by atoms with Crippen LogP contribution >= 0.6 is 0 Å². The second-order valence-electron chi connectivity index (χ2n) is 7.32. The van der Waals surface area contributed by atoms with Gasteiger partial charge < -0.3 is 15.6 Å². The Kier molecular flexibility index (Phi) is 5.62. The van der Waals surface area contributed by atoms with Gasteiger partial charge in [0.1, 0.15) is 5.82 Å². The number of aryl methyl sites for hydroxylation is 2. The number of anilines is 3. The van der Waals surface area contributed by atoms with E-state index in [1.807, 2.05) is 68.4 Å². The van der Waals surface area contributed by atoms with Crippen molar-refractivity contribution in [2.45, 2.75) is 13.8 Å². The van der Waals surface area contributed by atoms with Crippen LogP contribution in [0.1, 0.15) is 21.5 Å². The van der Waals surface area contributed by atoms with E-state index in [9.17, 15) is 9.59 Å². The third-order valence-electron chi connectivity index (χ3n) is 4.83. The molecule has 1 amide bonds. The lowest BCUT2D eigenvalue weighted by atomic mass is 10.1. The van der Waals surface area contributed by atoms with Crippen LogP contribution in [0.25, 0.3) is 11.4 Å². The molecule has 1 heterocycles. The fraction of sp³-hybridized carbons (Fsp3) is 0.0800. The Morgan fingerprint density at radius 3 is 2.10 bits per heavy atom. The van der Waals surface area contributed by atoms with Gasteiger partial charge in [0, 0.05) is 16.8 Å². The number of amides is 1. The van der Waals surface area contributed by atoms with Crippen LogP contribution < -0.4 is 16.2 Å². The van der Waals surface area contributed by atoms with Crippen LogP contribution in [0.3, 0.4) is 0 Å². The van der Waals surface area contributed by atoms with E-state index in [1.54, 1.807) is 24.3 Å². The number of aromatic amines is 1. The van der Waals surface area contributed by atoms with E-state index < -0.39 is 5.56 Å². The number of aromatic nitrogens is 2. The summed E-state index contributed by atoms with van der Waals surface area (Å²) in [6.45, 7) is 3.99. The number of H-pyrrole nitrogens is 1. The zero-order valence-electron chi connectivity index (χ0n) is 17.3. The number of carbonyl (C=O) groups excluding carboxylic acids is 1. The van der Waals surface area contributed by atoms with Crippen LogP contribution in [0, 0.1) is 13.8 Å². The first kappa shape index (κ1) is 20.1. The lowest BCUT2D eigenvalue weighted by Gasteiger charge is -2.14. The molecule has 0 atom stereocenters. The monoisotopic (exact) mass is 410 g/mol. The fourth-order valence-electron chi connectivity index (χ4n) is 3.08. The molecule has 3 aromatic carbocycles. The molecule has 3 N–H and O–H groups in total. The minimum Gasteiger partial charge on any atom is -0.338 e. The Hall–Kier alpha value is -4.19. The van der Waals surface area contributed by atoms with Gasteiger partial charge >= 0.3 is 0 Å². The normalized spacial score (nSPS) is 10.5. The molecular formula is C25H22N4O2. The van der Waals surface area contributed by atoms with Crippen molar-refractivity contribution in [3.05, 3.63) is 106 Å². The molecule has 0 radical (unpaired) electrons. The maximum absolute atomic E-state index is 13.0. The standard InChI is InChI=1S/C25H22N4O2/c1-16-8-12-18(13-9-16)22-28-23(26-20-14-10-17(2)11-15-20)21(25(31)29-22)27-24(30)19-6-4-3-5-7-19/h3-15H,1-2H3,(H,27,30)(H2,26,28,29,31). The third kappa shape index (κ3) is 4.70. The molecule has 0 saturated heterocycles. The van der Waals surface area contributed by atoms with Crippen molar-refractivity contribution in [1.29, 1.82) is 0 Å². The second-order valence-corrected chi connectivity index (χ2v) is 7.32. The van der Waals surface area contributed by atoms with Crippen molar-refractivity contribution in [2.75, 3.05) is 10.6 Å². The summed E-state index contributed by atoms with van der Waals surface area (Å²) in [4.78, 5) is 33.0. The third-order valence-corrected chi connectivity index (χ3v) is 4.83. The summed E-state index contributed by atoms with van der Waals surface area (Å²) >= 11 is 0. The van der Waals surface area contributed by atoms with Crippen molar-refractivity contribution in [3.63, 3.8) is 0 Å². The Bertz CT molecular complexity index is 1260. The summed E-state index contributed by atoms with van der Waals surface area (Å²) < 4.78 is 0. The van der Waals surface area contributed by atoms with E-state index in [0.29, 0.717) is 11.4 Å². The van der Waals surface area contributed by atoms with E-state index in [2.05, 4.69) is 20.6 Å². The maximum Gasteiger partial charge on any atom is 0.277 e. The van der Waals surface area contributed by atoms with E-state index in [4.69, 9.17) is 0 Å². The van der Waals surface area contributed by atoms with Crippen LogP contribution in [-0.2, 0) is 0 Å². The van der Waals surface area contributed by atoms with Crippen molar-refractivity contribution >= 4 is 23.1 Å². The van der Waals surface area contributed by atoms with E-state index in [1.165, 1.54) is 0 Å². The van der Waals surface area contributed by atoms with Crippen LogP contribution in [-0.4, -0.2) is 15.9 Å². The average molecular weight is 410 g/mol. The smallest absolute Gasteiger partial charge is 0.277 e. The number of benzene rings is 3. The molecule has 0 unspecified atom stereocenters. The molecule has 0 spiro atoms. The van der Waals surface area contributed by atoms with E-state index >= 15 is 0 Å². The molecule has 6 nitrogen and oxygen atoms in total. The minimum atomic E-state index is -0.440. The summed E-state index contributed by atoms with van der Waals surface area (Å²) in [6.07, 6.45) is 0. The second kappa shape index (κ2) is 8.67. The molecule has 0 fully saturated rings. The van der Waals surface area contributed by atoms with Gasteiger partial charge in [0.2, 0.25) is 0 Å².